The van der Waals surface area contributed by atoms with E-state index in [0.29, 0.717) is 24.1 Å². The Hall–Kier alpha value is 3.75. The van der Waals surface area contributed by atoms with E-state index in [-0.39, 0.29) is 140 Å². The van der Waals surface area contributed by atoms with Gasteiger partial charge in [0.25, 0.3) is 7.82 Å². The number of phosphoric acid groups is 1. The number of ether oxygens (including phenoxy) is 1. The van der Waals surface area contributed by atoms with Gasteiger partial charge in [-0.05, 0) is 13.9 Å². The number of aliphatic hydroxyl groups is 2. The van der Waals surface area contributed by atoms with Crippen molar-refractivity contribution in [3.8, 4) is 0 Å². The molecule has 31 heteroatoms. The third-order valence-electron chi connectivity index (χ3n) is 5.49. The van der Waals surface area contributed by atoms with Crippen LogP contribution in [-0.4, -0.2) is 88.9 Å². The van der Waals surface area contributed by atoms with Gasteiger partial charge in [0.2, 0.25) is 3.82 Å². The van der Waals surface area contributed by atoms with Gasteiger partial charge >= 0.3 is 124 Å². The van der Waals surface area contributed by atoms with Gasteiger partial charge in [0.05, 0.1) is 19.4 Å². The van der Waals surface area contributed by atoms with Crippen molar-refractivity contribution >= 4 is 86.7 Å². The fraction of sp³-hybridized carbons (Fsp3) is 0.706. The Labute approximate surface area is 378 Å². The topological polar surface area (TPSA) is 267 Å². The number of rotatable bonds is 15. The van der Waals surface area contributed by atoms with E-state index in [0.717, 1.165) is 10.9 Å². The summed E-state index contributed by atoms with van der Waals surface area (Å²) in [5.74, 6) is 0.351. The van der Waals surface area contributed by atoms with Crippen LogP contribution in [0, 0.1) is 0 Å². The molecule has 2 aromatic heterocycles. The molecule has 0 aliphatic carbocycles. The third kappa shape index (κ3) is 14.4. The summed E-state index contributed by atoms with van der Waals surface area (Å²) in [5, 5.41) is 24.0. The zero-order chi connectivity index (χ0) is 33.3. The molecule has 1 saturated heterocycles. The van der Waals surface area contributed by atoms with Crippen LogP contribution in [0.5, 0.6) is 0 Å². The Morgan fingerprint density at radius 3 is 2.21 bits per heavy atom. The SMILES string of the molecule is CSCCNc1nc(SCCC(F)(F)F)nc2c1ncn2[C@@H]1O[C@H](COP(=O)([O-])OP(=O)([O-])C(Cl)(Cl)P(=O)([O-])[O-])[C@H](O)C1O.[Na+].[Na+].[Na+].[Na+]. The van der Waals surface area contributed by atoms with Crippen LogP contribution < -0.4 is 143 Å². The molecule has 0 saturated carbocycles. The minimum Gasteiger partial charge on any atom is -0.808 e. The Bertz CT molecular complexity index is 1490. The third-order valence-corrected chi connectivity index (χ3v) is 14.3. The van der Waals surface area contributed by atoms with Gasteiger partial charge in [0.15, 0.2) is 36.0 Å². The monoisotopic (exact) mass is 863 g/mol. The summed E-state index contributed by atoms with van der Waals surface area (Å²) in [6, 6.07) is 0. The number of aliphatic hydroxyl groups excluding tert-OH is 2. The van der Waals surface area contributed by atoms with Crippen LogP contribution in [0.3, 0.4) is 0 Å². The molecule has 0 radical (unpaired) electrons. The van der Waals surface area contributed by atoms with Crippen molar-refractivity contribution in [2.45, 2.75) is 46.1 Å². The van der Waals surface area contributed by atoms with Gasteiger partial charge < -0.3 is 53.5 Å². The molecule has 2 aromatic rings. The maximum Gasteiger partial charge on any atom is 1.00 e. The number of phosphoric ester groups is 1. The van der Waals surface area contributed by atoms with Gasteiger partial charge in [-0.2, -0.15) is 24.9 Å². The Balaban J connectivity index is 0. The Morgan fingerprint density at radius 1 is 1.06 bits per heavy atom. The quantitative estimate of drug-likeness (QED) is 0.0375. The van der Waals surface area contributed by atoms with E-state index in [1.54, 1.807) is 0 Å². The Kier molecular flexibility index (Phi) is 24.6. The molecular weight excluding hydrogens is 843 g/mol. The smallest absolute Gasteiger partial charge is 0.808 e. The van der Waals surface area contributed by atoms with Crippen LogP contribution in [0.25, 0.3) is 11.2 Å². The number of thioether (sulfide) groups is 2. The van der Waals surface area contributed by atoms with Crippen molar-refractivity contribution in [1.29, 1.82) is 0 Å². The second-order valence-corrected chi connectivity index (χ2v) is 18.6. The number of hydrogen-bond donors (Lipinski definition) is 3. The number of alkyl halides is 5. The first kappa shape index (κ1) is 53.9. The first-order chi connectivity index (χ1) is 20.1. The van der Waals surface area contributed by atoms with Gasteiger partial charge in [-0.3, -0.25) is 13.4 Å². The summed E-state index contributed by atoms with van der Waals surface area (Å²) in [4.78, 5) is 58.6. The number of nitrogens with zero attached hydrogens (tertiary/aromatic N) is 4. The molecule has 1 aliphatic heterocycles. The molecule has 0 spiro atoms. The fourth-order valence-electron chi connectivity index (χ4n) is 3.42. The van der Waals surface area contributed by atoms with Crippen LogP contribution in [0.2, 0.25) is 0 Å². The summed E-state index contributed by atoms with van der Waals surface area (Å²) >= 11 is 12.2. The summed E-state index contributed by atoms with van der Waals surface area (Å²) < 4.78 is 83.4. The molecule has 0 bridgehead atoms. The van der Waals surface area contributed by atoms with Crippen LogP contribution in [0.15, 0.2) is 11.5 Å². The number of fused-ring (bicyclic) bond motifs is 1. The van der Waals surface area contributed by atoms with Gasteiger partial charge in [0, 0.05) is 18.1 Å². The van der Waals surface area contributed by atoms with Gasteiger partial charge in [-0.25, -0.2) is 15.0 Å². The zero-order valence-corrected chi connectivity index (χ0v) is 39.6. The van der Waals surface area contributed by atoms with E-state index in [4.69, 9.17) is 27.9 Å². The van der Waals surface area contributed by atoms with Crippen molar-refractivity contribution < 1.29 is 188 Å². The second kappa shape index (κ2) is 21.9. The average molecular weight is 864 g/mol. The number of halogens is 5. The molecule has 3 N–H and O–H groups in total. The minimum absolute atomic E-state index is 0. The molecule has 3 heterocycles. The first-order valence-electron chi connectivity index (χ1n) is 11.7. The van der Waals surface area contributed by atoms with E-state index in [2.05, 4.69) is 29.1 Å². The van der Waals surface area contributed by atoms with Crippen molar-refractivity contribution in [3.63, 3.8) is 0 Å². The molecule has 3 unspecified atom stereocenters. The molecule has 0 aromatic carbocycles. The molecule has 6 atom stereocenters. The van der Waals surface area contributed by atoms with E-state index < -0.39 is 76.3 Å². The van der Waals surface area contributed by atoms with E-state index in [1.165, 1.54) is 11.8 Å². The minimum atomic E-state index is -6.40. The number of anilines is 1. The van der Waals surface area contributed by atoms with Crippen molar-refractivity contribution in [1.82, 2.24) is 19.5 Å². The predicted molar refractivity (Wildman–Crippen MR) is 144 cm³/mol. The van der Waals surface area contributed by atoms with Crippen LogP contribution in [0.1, 0.15) is 12.6 Å². The molecule has 48 heavy (non-hydrogen) atoms. The van der Waals surface area contributed by atoms with Crippen molar-refractivity contribution in [2.24, 2.45) is 0 Å². The van der Waals surface area contributed by atoms with E-state index >= 15 is 0 Å². The maximum atomic E-state index is 12.7. The summed E-state index contributed by atoms with van der Waals surface area (Å²) in [6.07, 6.45) is -9.61. The van der Waals surface area contributed by atoms with Gasteiger partial charge in [0.1, 0.15) is 18.3 Å². The second-order valence-electron chi connectivity index (χ2n) is 8.69. The number of imidazole rings is 1. The zero-order valence-electron chi connectivity index (χ0n) is 25.7. The normalized spacial score (nSPS) is 22.3. The summed E-state index contributed by atoms with van der Waals surface area (Å²) in [7, 11) is -18.8. The predicted octanol–water partition coefficient (Wildman–Crippen LogP) is -11.7. The van der Waals surface area contributed by atoms with Gasteiger partial charge in [-0.15, -0.1) is 0 Å². The molecule has 1 aliphatic rings. The van der Waals surface area contributed by atoms with Crippen LogP contribution in [0.4, 0.5) is 19.0 Å². The van der Waals surface area contributed by atoms with E-state index in [1.807, 2.05) is 6.26 Å². The Morgan fingerprint density at radius 2 is 1.67 bits per heavy atom. The van der Waals surface area contributed by atoms with Crippen LogP contribution in [-0.2, 0) is 27.3 Å². The summed E-state index contributed by atoms with van der Waals surface area (Å²) in [6.45, 7) is -0.835. The van der Waals surface area contributed by atoms with Crippen molar-refractivity contribution in [2.75, 3.05) is 36.2 Å². The number of hydrogen-bond acceptors (Lipinski definition) is 18. The molecule has 0 amide bonds. The van der Waals surface area contributed by atoms with Crippen molar-refractivity contribution in [3.05, 3.63) is 6.33 Å². The molecule has 1 fully saturated rings. The average Bonchev–Trinajstić information content (AvgIpc) is 3.41. The standard InChI is InChI=1S/C17H25Cl2F3N5O12P3S2.4Na/c1-43-5-3-23-12-9-13(26-15(25-12)44-4-2-16(20,21)22)27(7-24-9)14-11(29)10(28)8(38-14)6-37-42(35,36)39-41(33,34)17(18,19)40(30,31)32;;;;/h7-8,10-11,14,28-29H,2-6H2,1H3,(H,33,34)(H,35,36)(H,23,25,26)(H2,30,31,32);;;;/q;4*+1/p-4/t8-,10+,11?,14-;;;;/m1..../s1. The largest absolute Gasteiger partial charge is 1.00 e. The number of aromatic nitrogens is 4. The van der Waals surface area contributed by atoms with Gasteiger partial charge in [-0.1, -0.05) is 35.0 Å². The maximum absolute atomic E-state index is 12.7. The molecule has 252 valence electrons. The molecule has 3 rings (SSSR count). The summed E-state index contributed by atoms with van der Waals surface area (Å²) in [5.41, 5.74) is 0.0592. The molecule has 17 nitrogen and oxygen atoms in total. The van der Waals surface area contributed by atoms with Crippen LogP contribution >= 0.6 is 69.7 Å². The number of nitrogens with one attached hydrogen (secondary N) is 1. The molecular formula is C17H21Cl2F3N5Na4O12P3S2. The van der Waals surface area contributed by atoms with E-state index in [9.17, 15) is 56.7 Å². The fourth-order valence-corrected chi connectivity index (χ4v) is 8.59. The first-order valence-corrected chi connectivity index (χ1v) is 19.3.